The Bertz CT molecular complexity index is 1790. The SMILES string of the molecule is CC(C)(Oc1cc([C@@](CCc2ccccc2)(CNC(=O)c2cccc(C(F)(F)F)c2)c2cc(F)cc(C(F)(F)F)c2)ccc1F)C(N)=O. The largest absolute Gasteiger partial charge is 0.475 e. The number of carbonyl (C=O) groups excluding carboxylic acids is 2. The summed E-state index contributed by atoms with van der Waals surface area (Å²) < 4.78 is 118. The van der Waals surface area contributed by atoms with Crippen molar-refractivity contribution >= 4 is 11.8 Å². The lowest BCUT2D eigenvalue weighted by atomic mass is 9.70. The zero-order valence-electron chi connectivity index (χ0n) is 25.6. The lowest BCUT2D eigenvalue weighted by molar-refractivity contribution is -0.138. The van der Waals surface area contributed by atoms with Crippen molar-refractivity contribution in [2.75, 3.05) is 6.54 Å². The number of carbonyl (C=O) groups is 2. The fourth-order valence-corrected chi connectivity index (χ4v) is 5.15. The van der Waals surface area contributed by atoms with Gasteiger partial charge in [0, 0.05) is 17.5 Å². The first kappa shape index (κ1) is 35.9. The van der Waals surface area contributed by atoms with E-state index in [-0.39, 0.29) is 24.0 Å². The van der Waals surface area contributed by atoms with Crippen LogP contribution in [0.3, 0.4) is 0 Å². The molecule has 13 heteroatoms. The molecule has 2 amide bonds. The summed E-state index contributed by atoms with van der Waals surface area (Å²) in [5, 5.41) is 2.51. The molecule has 0 unspecified atom stereocenters. The van der Waals surface area contributed by atoms with Gasteiger partial charge in [-0.1, -0.05) is 42.5 Å². The standard InChI is InChI=1S/C35H30F8N2O3/c1-32(2,31(44)47)48-29-19-23(11-12-28(29)37)33(14-13-21-7-4-3-5-8-21,25-16-26(35(41,42)43)18-27(36)17-25)20-45-30(46)22-9-6-10-24(15-22)34(38,39)40/h3-12,15-19H,13-14,20H2,1-2H3,(H2,44,47)(H,45,46)/t33-/m1/s1. The van der Waals surface area contributed by atoms with E-state index < -0.39 is 75.8 Å². The molecule has 5 nitrogen and oxygen atoms in total. The van der Waals surface area contributed by atoms with E-state index in [2.05, 4.69) is 5.32 Å². The van der Waals surface area contributed by atoms with E-state index >= 15 is 8.78 Å². The van der Waals surface area contributed by atoms with E-state index in [9.17, 15) is 35.9 Å². The summed E-state index contributed by atoms with van der Waals surface area (Å²) in [6, 6.07) is 17.2. The molecule has 0 spiro atoms. The van der Waals surface area contributed by atoms with Crippen molar-refractivity contribution in [3.05, 3.63) is 136 Å². The van der Waals surface area contributed by atoms with Crippen LogP contribution < -0.4 is 15.8 Å². The molecule has 0 saturated heterocycles. The van der Waals surface area contributed by atoms with Crippen LogP contribution in [0.2, 0.25) is 0 Å². The van der Waals surface area contributed by atoms with E-state index in [1.165, 1.54) is 19.9 Å². The van der Waals surface area contributed by atoms with Gasteiger partial charge in [-0.05, 0) is 91.9 Å². The lowest BCUT2D eigenvalue weighted by Crippen LogP contribution is -2.44. The van der Waals surface area contributed by atoms with Gasteiger partial charge in [-0.2, -0.15) is 26.3 Å². The zero-order chi connectivity index (χ0) is 35.5. The Balaban J connectivity index is 1.94. The molecule has 0 saturated carbocycles. The Kier molecular flexibility index (Phi) is 10.2. The van der Waals surface area contributed by atoms with Crippen LogP contribution in [0.25, 0.3) is 0 Å². The van der Waals surface area contributed by atoms with Crippen LogP contribution in [-0.2, 0) is 29.0 Å². The molecule has 0 bridgehead atoms. The van der Waals surface area contributed by atoms with Crippen LogP contribution in [0, 0.1) is 11.6 Å². The highest BCUT2D eigenvalue weighted by Gasteiger charge is 2.40. The van der Waals surface area contributed by atoms with Crippen molar-refractivity contribution in [3.8, 4) is 5.75 Å². The van der Waals surface area contributed by atoms with E-state index in [0.29, 0.717) is 23.8 Å². The van der Waals surface area contributed by atoms with E-state index in [4.69, 9.17) is 10.5 Å². The molecule has 0 aliphatic rings. The number of hydrogen-bond donors (Lipinski definition) is 2. The summed E-state index contributed by atoms with van der Waals surface area (Å²) in [4.78, 5) is 25.3. The summed E-state index contributed by atoms with van der Waals surface area (Å²) in [6.45, 7) is 1.95. The maximum absolute atomic E-state index is 15.1. The predicted octanol–water partition coefficient (Wildman–Crippen LogP) is 7.99. The van der Waals surface area contributed by atoms with E-state index in [1.807, 2.05) is 0 Å². The molecule has 48 heavy (non-hydrogen) atoms. The van der Waals surface area contributed by atoms with Crippen molar-refractivity contribution in [2.24, 2.45) is 5.73 Å². The first-order valence-corrected chi connectivity index (χ1v) is 14.5. The number of nitrogens with two attached hydrogens (primary N) is 1. The van der Waals surface area contributed by atoms with Gasteiger partial charge in [-0.3, -0.25) is 9.59 Å². The summed E-state index contributed by atoms with van der Waals surface area (Å²) in [5.41, 5.74) is -0.525. The Labute approximate surface area is 270 Å². The molecule has 0 aliphatic heterocycles. The van der Waals surface area contributed by atoms with Gasteiger partial charge in [-0.25, -0.2) is 8.78 Å². The highest BCUT2D eigenvalue weighted by Crippen LogP contribution is 2.42. The number of hydrogen-bond acceptors (Lipinski definition) is 3. The number of halogens is 8. The molecule has 3 N–H and O–H groups in total. The van der Waals surface area contributed by atoms with Crippen LogP contribution in [0.5, 0.6) is 5.75 Å². The number of benzene rings is 4. The quantitative estimate of drug-likeness (QED) is 0.158. The third-order valence-corrected chi connectivity index (χ3v) is 7.91. The molecule has 0 heterocycles. The highest BCUT2D eigenvalue weighted by molar-refractivity contribution is 5.94. The van der Waals surface area contributed by atoms with Gasteiger partial charge >= 0.3 is 12.4 Å². The second-order valence-corrected chi connectivity index (χ2v) is 11.7. The van der Waals surface area contributed by atoms with Crippen molar-refractivity contribution in [1.82, 2.24) is 5.32 Å². The second-order valence-electron chi connectivity index (χ2n) is 11.7. The van der Waals surface area contributed by atoms with Crippen LogP contribution in [0.1, 0.15) is 58.4 Å². The van der Waals surface area contributed by atoms with Gasteiger partial charge in [0.1, 0.15) is 5.82 Å². The molecule has 0 aliphatic carbocycles. The lowest BCUT2D eigenvalue weighted by Gasteiger charge is -2.37. The van der Waals surface area contributed by atoms with Gasteiger partial charge in [0.25, 0.3) is 11.8 Å². The summed E-state index contributed by atoms with van der Waals surface area (Å²) in [7, 11) is 0. The number of nitrogens with one attached hydrogen (secondary N) is 1. The normalized spacial score (nSPS) is 13.5. The third-order valence-electron chi connectivity index (χ3n) is 7.91. The van der Waals surface area contributed by atoms with Crippen LogP contribution >= 0.6 is 0 Å². The average molecular weight is 679 g/mol. The van der Waals surface area contributed by atoms with E-state index in [1.54, 1.807) is 30.3 Å². The van der Waals surface area contributed by atoms with Crippen LogP contribution in [0.4, 0.5) is 35.1 Å². The van der Waals surface area contributed by atoms with Crippen molar-refractivity contribution in [2.45, 2.75) is 50.1 Å². The van der Waals surface area contributed by atoms with Gasteiger partial charge in [-0.15, -0.1) is 0 Å². The number of primary amides is 1. The minimum atomic E-state index is -4.99. The zero-order valence-corrected chi connectivity index (χ0v) is 25.6. The molecule has 0 fully saturated rings. The Morgan fingerprint density at radius 1 is 0.729 bits per heavy atom. The number of rotatable bonds is 11. The molecule has 0 aromatic heterocycles. The first-order valence-electron chi connectivity index (χ1n) is 14.5. The van der Waals surface area contributed by atoms with Gasteiger partial charge in [0.05, 0.1) is 11.1 Å². The Hall–Kier alpha value is -4.94. The van der Waals surface area contributed by atoms with Gasteiger partial charge in [0.15, 0.2) is 17.2 Å². The number of alkyl halides is 6. The number of aryl methyl sites for hydroxylation is 1. The average Bonchev–Trinajstić information content (AvgIpc) is 3.01. The molecule has 4 rings (SSSR count). The van der Waals surface area contributed by atoms with Crippen LogP contribution in [0.15, 0.2) is 91.0 Å². The fraction of sp³-hybridized carbons (Fsp3) is 0.257. The number of ether oxygens (including phenoxy) is 1. The van der Waals surface area contributed by atoms with Gasteiger partial charge in [0.2, 0.25) is 0 Å². The minimum absolute atomic E-state index is 0.0400. The molecule has 4 aromatic rings. The maximum atomic E-state index is 15.1. The molecule has 1 atom stereocenters. The van der Waals surface area contributed by atoms with Crippen molar-refractivity contribution in [3.63, 3.8) is 0 Å². The first-order chi connectivity index (χ1) is 22.3. The molecular weight excluding hydrogens is 648 g/mol. The Morgan fingerprint density at radius 3 is 2.00 bits per heavy atom. The summed E-state index contributed by atoms with van der Waals surface area (Å²) >= 11 is 0. The highest BCUT2D eigenvalue weighted by atomic mass is 19.4. The van der Waals surface area contributed by atoms with Gasteiger partial charge < -0.3 is 15.8 Å². The van der Waals surface area contributed by atoms with Crippen molar-refractivity contribution in [1.29, 1.82) is 0 Å². The summed E-state index contributed by atoms with van der Waals surface area (Å²) in [5.74, 6) is -4.71. The fourth-order valence-electron chi connectivity index (χ4n) is 5.15. The summed E-state index contributed by atoms with van der Waals surface area (Å²) in [6.07, 6.45) is -9.75. The number of amides is 2. The monoisotopic (exact) mass is 678 g/mol. The topological polar surface area (TPSA) is 81.4 Å². The Morgan fingerprint density at radius 2 is 1.38 bits per heavy atom. The van der Waals surface area contributed by atoms with Crippen LogP contribution in [-0.4, -0.2) is 24.0 Å². The molecule has 4 aromatic carbocycles. The second kappa shape index (κ2) is 13.7. The third kappa shape index (κ3) is 8.31. The smallest absolute Gasteiger partial charge is 0.416 e. The molecular formula is C35H30F8N2O3. The minimum Gasteiger partial charge on any atom is -0.475 e. The van der Waals surface area contributed by atoms with Crippen molar-refractivity contribution < 1.29 is 49.4 Å². The predicted molar refractivity (Wildman–Crippen MR) is 161 cm³/mol. The van der Waals surface area contributed by atoms with E-state index in [0.717, 1.165) is 36.4 Å². The maximum Gasteiger partial charge on any atom is 0.416 e. The molecule has 0 radical (unpaired) electrons. The molecule has 254 valence electrons.